The van der Waals surface area contributed by atoms with Crippen molar-refractivity contribution in [2.45, 2.75) is 18.9 Å². The highest BCUT2D eigenvalue weighted by atomic mass is 16.4. The molecule has 7 nitrogen and oxygen atoms in total. The van der Waals surface area contributed by atoms with Gasteiger partial charge in [0.05, 0.1) is 0 Å². The van der Waals surface area contributed by atoms with E-state index in [9.17, 15) is 14.4 Å². The standard InChI is InChI=1S/C14H16N2O5/c15-12(18)7-6-11(14(20)21)16-13(19)8-3-9-1-4-10(17)5-2-9/h1-5,8,11,17H,6-7H2,(H2,15,18)(H,16,19)(H,20,21)/b8-3+. The van der Waals surface area contributed by atoms with E-state index in [1.54, 1.807) is 12.1 Å². The summed E-state index contributed by atoms with van der Waals surface area (Å²) in [6, 6.07) is 4.95. The van der Waals surface area contributed by atoms with Crippen LogP contribution in [-0.2, 0) is 14.4 Å². The number of carbonyl (C=O) groups excluding carboxylic acids is 2. The fourth-order valence-corrected chi connectivity index (χ4v) is 1.52. The lowest BCUT2D eigenvalue weighted by Gasteiger charge is -2.11. The number of carboxylic acid groups (broad SMARTS) is 1. The second-order valence-electron chi connectivity index (χ2n) is 4.33. The van der Waals surface area contributed by atoms with E-state index in [4.69, 9.17) is 15.9 Å². The van der Waals surface area contributed by atoms with Gasteiger partial charge in [0.15, 0.2) is 0 Å². The van der Waals surface area contributed by atoms with Gasteiger partial charge in [-0.1, -0.05) is 12.1 Å². The van der Waals surface area contributed by atoms with Gasteiger partial charge in [0.1, 0.15) is 11.8 Å². The number of aliphatic carboxylic acids is 1. The third kappa shape index (κ3) is 6.24. The summed E-state index contributed by atoms with van der Waals surface area (Å²) in [5, 5.41) is 20.3. The van der Waals surface area contributed by atoms with Gasteiger partial charge in [-0.05, 0) is 30.2 Å². The Morgan fingerprint density at radius 2 is 1.86 bits per heavy atom. The lowest BCUT2D eigenvalue weighted by molar-refractivity contribution is -0.141. The molecule has 1 unspecified atom stereocenters. The molecule has 0 saturated carbocycles. The number of primary amides is 1. The second-order valence-corrected chi connectivity index (χ2v) is 4.33. The molecule has 0 aromatic heterocycles. The van der Waals surface area contributed by atoms with Gasteiger partial charge in [-0.25, -0.2) is 4.79 Å². The van der Waals surface area contributed by atoms with Crippen molar-refractivity contribution in [1.82, 2.24) is 5.32 Å². The quantitative estimate of drug-likeness (QED) is 0.535. The Bertz CT molecular complexity index is 551. The van der Waals surface area contributed by atoms with Crippen molar-refractivity contribution in [3.8, 4) is 5.75 Å². The summed E-state index contributed by atoms with van der Waals surface area (Å²) in [5.41, 5.74) is 5.61. The van der Waals surface area contributed by atoms with E-state index in [1.165, 1.54) is 24.3 Å². The minimum Gasteiger partial charge on any atom is -0.508 e. The third-order valence-electron chi connectivity index (χ3n) is 2.61. The first-order valence-electron chi connectivity index (χ1n) is 6.17. The van der Waals surface area contributed by atoms with Crippen molar-refractivity contribution in [1.29, 1.82) is 0 Å². The highest BCUT2D eigenvalue weighted by Gasteiger charge is 2.19. The molecule has 1 atom stereocenters. The number of nitrogens with two attached hydrogens (primary N) is 1. The van der Waals surface area contributed by atoms with E-state index >= 15 is 0 Å². The van der Waals surface area contributed by atoms with Gasteiger partial charge in [0.2, 0.25) is 11.8 Å². The van der Waals surface area contributed by atoms with Gasteiger partial charge >= 0.3 is 5.97 Å². The number of phenolic OH excluding ortho intramolecular Hbond substituents is 1. The lowest BCUT2D eigenvalue weighted by Crippen LogP contribution is -2.40. The predicted octanol–water partition coefficient (Wildman–Crippen LogP) is 0.240. The van der Waals surface area contributed by atoms with Gasteiger partial charge in [-0.2, -0.15) is 0 Å². The van der Waals surface area contributed by atoms with Crippen molar-refractivity contribution in [2.75, 3.05) is 0 Å². The molecule has 21 heavy (non-hydrogen) atoms. The number of nitrogens with one attached hydrogen (secondary N) is 1. The van der Waals surface area contributed by atoms with Crippen LogP contribution in [0.5, 0.6) is 5.75 Å². The Labute approximate surface area is 121 Å². The molecular weight excluding hydrogens is 276 g/mol. The van der Waals surface area contributed by atoms with Crippen LogP contribution in [0.3, 0.4) is 0 Å². The summed E-state index contributed by atoms with van der Waals surface area (Å²) in [4.78, 5) is 33.2. The molecule has 1 rings (SSSR count). The van der Waals surface area contributed by atoms with Crippen molar-refractivity contribution in [3.05, 3.63) is 35.9 Å². The van der Waals surface area contributed by atoms with Gasteiger partial charge in [-0.3, -0.25) is 9.59 Å². The van der Waals surface area contributed by atoms with E-state index in [0.29, 0.717) is 5.56 Å². The van der Waals surface area contributed by atoms with Crippen molar-refractivity contribution in [3.63, 3.8) is 0 Å². The second kappa shape index (κ2) is 7.68. The fraction of sp³-hybridized carbons (Fsp3) is 0.214. The summed E-state index contributed by atoms with van der Waals surface area (Å²) >= 11 is 0. The number of amides is 2. The molecule has 0 heterocycles. The molecule has 5 N–H and O–H groups in total. The van der Waals surface area contributed by atoms with Crippen LogP contribution in [0, 0.1) is 0 Å². The average Bonchev–Trinajstić information content (AvgIpc) is 2.42. The molecule has 112 valence electrons. The first kappa shape index (κ1) is 16.2. The van der Waals surface area contributed by atoms with E-state index in [1.807, 2.05) is 0 Å². The van der Waals surface area contributed by atoms with Crippen molar-refractivity contribution in [2.24, 2.45) is 5.73 Å². The normalized spacial score (nSPS) is 12.0. The Morgan fingerprint density at radius 1 is 1.24 bits per heavy atom. The number of carbonyl (C=O) groups is 3. The summed E-state index contributed by atoms with van der Waals surface area (Å²) in [6.45, 7) is 0. The highest BCUT2D eigenvalue weighted by molar-refractivity contribution is 5.94. The zero-order valence-corrected chi connectivity index (χ0v) is 11.2. The molecule has 0 aliphatic carbocycles. The van der Waals surface area contributed by atoms with Gasteiger partial charge in [0, 0.05) is 12.5 Å². The topological polar surface area (TPSA) is 130 Å². The van der Waals surface area contributed by atoms with E-state index in [2.05, 4.69) is 5.32 Å². The zero-order valence-electron chi connectivity index (χ0n) is 11.2. The molecule has 0 bridgehead atoms. The maximum atomic E-state index is 11.6. The van der Waals surface area contributed by atoms with Crippen LogP contribution in [0.4, 0.5) is 0 Å². The molecule has 0 aliphatic rings. The molecular formula is C14H16N2O5. The monoisotopic (exact) mass is 292 g/mol. The van der Waals surface area contributed by atoms with Crippen molar-refractivity contribution >= 4 is 23.9 Å². The van der Waals surface area contributed by atoms with Crippen LogP contribution in [0.1, 0.15) is 18.4 Å². The Balaban J connectivity index is 2.59. The number of aromatic hydroxyl groups is 1. The Kier molecular flexibility index (Phi) is 5.94. The molecule has 0 saturated heterocycles. The molecule has 0 fully saturated rings. The van der Waals surface area contributed by atoms with Crippen LogP contribution in [-0.4, -0.2) is 34.0 Å². The minimum atomic E-state index is -1.23. The Hall–Kier alpha value is -2.83. The molecule has 7 heteroatoms. The number of benzene rings is 1. The van der Waals surface area contributed by atoms with Crippen LogP contribution in [0.25, 0.3) is 6.08 Å². The van der Waals surface area contributed by atoms with E-state index in [-0.39, 0.29) is 18.6 Å². The van der Waals surface area contributed by atoms with E-state index in [0.717, 1.165) is 0 Å². The zero-order chi connectivity index (χ0) is 15.8. The average molecular weight is 292 g/mol. The summed E-state index contributed by atoms with van der Waals surface area (Å²) in [6.07, 6.45) is 2.46. The predicted molar refractivity (Wildman–Crippen MR) is 75.1 cm³/mol. The lowest BCUT2D eigenvalue weighted by atomic mass is 10.1. The maximum absolute atomic E-state index is 11.6. The molecule has 2 amide bonds. The maximum Gasteiger partial charge on any atom is 0.326 e. The highest BCUT2D eigenvalue weighted by Crippen LogP contribution is 2.10. The first-order chi connectivity index (χ1) is 9.88. The van der Waals surface area contributed by atoms with E-state index < -0.39 is 23.8 Å². The molecule has 0 radical (unpaired) electrons. The number of carboxylic acids is 1. The first-order valence-corrected chi connectivity index (χ1v) is 6.17. The number of hydrogen-bond donors (Lipinski definition) is 4. The summed E-state index contributed by atoms with van der Waals surface area (Å²) in [5.74, 6) is -2.35. The summed E-state index contributed by atoms with van der Waals surface area (Å²) < 4.78 is 0. The number of rotatable bonds is 7. The van der Waals surface area contributed by atoms with Crippen LogP contribution >= 0.6 is 0 Å². The smallest absolute Gasteiger partial charge is 0.326 e. The molecule has 1 aromatic rings. The van der Waals surface area contributed by atoms with Crippen LogP contribution in [0.2, 0.25) is 0 Å². The van der Waals surface area contributed by atoms with Crippen molar-refractivity contribution < 1.29 is 24.6 Å². The largest absolute Gasteiger partial charge is 0.508 e. The molecule has 1 aromatic carbocycles. The van der Waals surface area contributed by atoms with Gasteiger partial charge < -0.3 is 21.3 Å². The minimum absolute atomic E-state index is 0.0660. The Morgan fingerprint density at radius 3 is 2.38 bits per heavy atom. The third-order valence-corrected chi connectivity index (χ3v) is 2.61. The SMILES string of the molecule is NC(=O)CCC(NC(=O)/C=C/c1ccc(O)cc1)C(=O)O. The van der Waals surface area contributed by atoms with Gasteiger partial charge in [-0.15, -0.1) is 0 Å². The molecule has 0 aliphatic heterocycles. The molecule has 0 spiro atoms. The number of phenols is 1. The fourth-order valence-electron chi connectivity index (χ4n) is 1.52. The van der Waals surface area contributed by atoms with Gasteiger partial charge in [0.25, 0.3) is 0 Å². The van der Waals surface area contributed by atoms with Crippen LogP contribution in [0.15, 0.2) is 30.3 Å². The van der Waals surface area contributed by atoms with Crippen LogP contribution < -0.4 is 11.1 Å². The summed E-state index contributed by atoms with van der Waals surface area (Å²) in [7, 11) is 0. The number of hydrogen-bond acceptors (Lipinski definition) is 4.